The maximum atomic E-state index is 11.6. The van der Waals surface area contributed by atoms with Crippen LogP contribution in [0.4, 0.5) is 0 Å². The molecule has 1 heterocycles. The second kappa shape index (κ2) is 13.0. The Bertz CT molecular complexity index is 589. The summed E-state index contributed by atoms with van der Waals surface area (Å²) in [4.78, 5) is 11.6. The van der Waals surface area contributed by atoms with E-state index in [0.29, 0.717) is 18.3 Å². The first-order valence-electron chi connectivity index (χ1n) is 12.2. The van der Waals surface area contributed by atoms with Crippen LogP contribution in [-0.2, 0) is 18.7 Å². The molecule has 5 heteroatoms. The molecule has 31 heavy (non-hydrogen) atoms. The minimum atomic E-state index is -1.78. The maximum absolute atomic E-state index is 11.6. The van der Waals surface area contributed by atoms with Gasteiger partial charge in [0.15, 0.2) is 8.32 Å². The van der Waals surface area contributed by atoms with Gasteiger partial charge in [-0.15, -0.1) is 0 Å². The topological polar surface area (TPSA) is 44.8 Å². The quantitative estimate of drug-likeness (QED) is 0.180. The van der Waals surface area contributed by atoms with Crippen molar-refractivity contribution in [3.05, 3.63) is 24.3 Å². The lowest BCUT2D eigenvalue weighted by Gasteiger charge is -2.38. The minimum Gasteiger partial charge on any atom is -0.463 e. The van der Waals surface area contributed by atoms with Crippen molar-refractivity contribution in [2.45, 2.75) is 117 Å². The van der Waals surface area contributed by atoms with Crippen LogP contribution < -0.4 is 0 Å². The maximum Gasteiger partial charge on any atom is 0.306 e. The monoisotopic (exact) mass is 452 g/mol. The Balaban J connectivity index is 2.53. The van der Waals surface area contributed by atoms with Crippen molar-refractivity contribution in [3.63, 3.8) is 0 Å². The SMILES string of the molecule is CC[C@@H](/C=C/[C@H]1OC[C@H](C)[C@@H]1CC/C=C\CCC(=O)OC(C)C)O[Si](C)(C)C(C)(C)C. The van der Waals surface area contributed by atoms with Crippen molar-refractivity contribution in [1.82, 2.24) is 0 Å². The first-order chi connectivity index (χ1) is 14.4. The van der Waals surface area contributed by atoms with Gasteiger partial charge in [0.2, 0.25) is 0 Å². The molecule has 1 fully saturated rings. The molecule has 0 spiro atoms. The van der Waals surface area contributed by atoms with E-state index in [1.807, 2.05) is 13.8 Å². The van der Waals surface area contributed by atoms with Gasteiger partial charge >= 0.3 is 5.97 Å². The molecule has 1 rings (SSSR count). The molecular weight excluding hydrogens is 404 g/mol. The van der Waals surface area contributed by atoms with E-state index in [1.165, 1.54) is 0 Å². The Morgan fingerprint density at radius 3 is 2.42 bits per heavy atom. The number of hydrogen-bond acceptors (Lipinski definition) is 4. The van der Waals surface area contributed by atoms with Gasteiger partial charge in [-0.25, -0.2) is 0 Å². The summed E-state index contributed by atoms with van der Waals surface area (Å²) in [7, 11) is -1.78. The fraction of sp³-hybridized carbons (Fsp3) is 0.808. The largest absolute Gasteiger partial charge is 0.463 e. The number of rotatable bonds is 12. The van der Waals surface area contributed by atoms with Crippen LogP contribution in [0.3, 0.4) is 0 Å². The third kappa shape index (κ3) is 10.0. The molecule has 0 aliphatic carbocycles. The van der Waals surface area contributed by atoms with Crippen LogP contribution in [0.15, 0.2) is 24.3 Å². The fourth-order valence-corrected chi connectivity index (χ4v) is 4.93. The van der Waals surface area contributed by atoms with Crippen LogP contribution in [0.25, 0.3) is 0 Å². The Morgan fingerprint density at radius 1 is 1.19 bits per heavy atom. The van der Waals surface area contributed by atoms with Gasteiger partial charge in [0, 0.05) is 6.42 Å². The summed E-state index contributed by atoms with van der Waals surface area (Å²) in [6.45, 7) is 20.6. The second-order valence-electron chi connectivity index (χ2n) is 10.8. The number of esters is 1. The average Bonchev–Trinajstić information content (AvgIpc) is 2.99. The third-order valence-corrected chi connectivity index (χ3v) is 11.1. The second-order valence-corrected chi connectivity index (χ2v) is 15.5. The van der Waals surface area contributed by atoms with Crippen molar-refractivity contribution < 1.29 is 18.7 Å². The van der Waals surface area contributed by atoms with E-state index in [0.717, 1.165) is 32.3 Å². The molecule has 0 aromatic carbocycles. The van der Waals surface area contributed by atoms with Gasteiger partial charge in [-0.3, -0.25) is 4.79 Å². The summed E-state index contributed by atoms with van der Waals surface area (Å²) in [5, 5.41) is 0.215. The van der Waals surface area contributed by atoms with Gasteiger partial charge < -0.3 is 13.9 Å². The molecule has 0 amide bonds. The van der Waals surface area contributed by atoms with Gasteiger partial charge in [-0.2, -0.15) is 0 Å². The number of carbonyl (C=O) groups is 1. The van der Waals surface area contributed by atoms with Gasteiger partial charge in [-0.05, 0) is 69.5 Å². The van der Waals surface area contributed by atoms with Crippen molar-refractivity contribution >= 4 is 14.3 Å². The summed E-state index contributed by atoms with van der Waals surface area (Å²) < 4.78 is 17.9. The lowest BCUT2D eigenvalue weighted by Crippen LogP contribution is -2.43. The molecule has 0 radical (unpaired) electrons. The summed E-state index contributed by atoms with van der Waals surface area (Å²) in [5.74, 6) is 0.968. The van der Waals surface area contributed by atoms with Crippen LogP contribution in [-0.4, -0.2) is 39.2 Å². The van der Waals surface area contributed by atoms with Crippen LogP contribution in [0.1, 0.15) is 80.6 Å². The predicted octanol–water partition coefficient (Wildman–Crippen LogP) is 7.06. The first-order valence-corrected chi connectivity index (χ1v) is 15.1. The Labute approximate surface area is 192 Å². The summed E-state index contributed by atoms with van der Waals surface area (Å²) >= 11 is 0. The highest BCUT2D eigenvalue weighted by Gasteiger charge is 2.38. The molecule has 0 aromatic rings. The zero-order valence-corrected chi connectivity index (χ0v) is 22.6. The molecule has 1 aliphatic rings. The highest BCUT2D eigenvalue weighted by molar-refractivity contribution is 6.74. The van der Waals surface area contributed by atoms with Crippen LogP contribution >= 0.6 is 0 Å². The molecular formula is C26H48O4Si. The molecule has 0 aromatic heterocycles. The van der Waals surface area contributed by atoms with Gasteiger partial charge in [0.1, 0.15) is 0 Å². The Hall–Kier alpha value is -0.913. The molecule has 1 aliphatic heterocycles. The minimum absolute atomic E-state index is 0.0371. The molecule has 1 saturated heterocycles. The van der Waals surface area contributed by atoms with Crippen LogP contribution in [0.2, 0.25) is 18.1 Å². The standard InChI is InChI=1S/C26H48O4Si/c1-10-22(30-31(8,9)26(5,6)7)17-18-24-23(21(4)19-28-24)15-13-11-12-14-16-25(27)29-20(2)3/h11-12,17-18,20-24H,10,13-16,19H2,1-9H3/b12-11-,18-17+/t21-,22-,23-,24+/m0/s1. The van der Waals surface area contributed by atoms with E-state index in [9.17, 15) is 4.79 Å². The number of hydrogen-bond donors (Lipinski definition) is 0. The molecule has 4 nitrogen and oxygen atoms in total. The Kier molecular flexibility index (Phi) is 11.8. The summed E-state index contributed by atoms with van der Waals surface area (Å²) in [5.41, 5.74) is 0. The van der Waals surface area contributed by atoms with Gasteiger partial charge in [-0.1, -0.05) is 58.9 Å². The number of allylic oxidation sites excluding steroid dienone is 2. The molecule has 0 saturated carbocycles. The van der Waals surface area contributed by atoms with Gasteiger partial charge in [0.05, 0.1) is 24.9 Å². The molecule has 180 valence electrons. The molecule has 0 unspecified atom stereocenters. The number of carbonyl (C=O) groups excluding carboxylic acids is 1. The predicted molar refractivity (Wildman–Crippen MR) is 133 cm³/mol. The fourth-order valence-electron chi connectivity index (χ4n) is 3.58. The van der Waals surface area contributed by atoms with E-state index in [-0.39, 0.29) is 29.3 Å². The van der Waals surface area contributed by atoms with Gasteiger partial charge in [0.25, 0.3) is 0 Å². The van der Waals surface area contributed by atoms with E-state index in [1.54, 1.807) is 0 Å². The normalized spacial score (nSPS) is 23.9. The van der Waals surface area contributed by atoms with E-state index < -0.39 is 8.32 Å². The van der Waals surface area contributed by atoms with Crippen molar-refractivity contribution in [3.8, 4) is 0 Å². The zero-order chi connectivity index (χ0) is 23.7. The van der Waals surface area contributed by atoms with Crippen molar-refractivity contribution in [2.75, 3.05) is 6.61 Å². The molecule has 0 N–H and O–H groups in total. The highest BCUT2D eigenvalue weighted by Crippen LogP contribution is 2.38. The lowest BCUT2D eigenvalue weighted by atomic mass is 9.87. The molecule has 0 bridgehead atoms. The van der Waals surface area contributed by atoms with E-state index in [4.69, 9.17) is 13.9 Å². The number of ether oxygens (including phenoxy) is 2. The van der Waals surface area contributed by atoms with Crippen LogP contribution in [0.5, 0.6) is 0 Å². The smallest absolute Gasteiger partial charge is 0.306 e. The van der Waals surface area contributed by atoms with E-state index in [2.05, 4.69) is 72.0 Å². The van der Waals surface area contributed by atoms with E-state index >= 15 is 0 Å². The summed E-state index contributed by atoms with van der Waals surface area (Å²) in [6.07, 6.45) is 13.4. The Morgan fingerprint density at radius 2 is 1.84 bits per heavy atom. The first kappa shape index (κ1) is 28.1. The third-order valence-electron chi connectivity index (χ3n) is 6.59. The summed E-state index contributed by atoms with van der Waals surface area (Å²) in [6, 6.07) is 0. The lowest BCUT2D eigenvalue weighted by molar-refractivity contribution is -0.147. The van der Waals surface area contributed by atoms with Crippen LogP contribution in [0, 0.1) is 11.8 Å². The average molecular weight is 453 g/mol. The van der Waals surface area contributed by atoms with Crippen molar-refractivity contribution in [2.24, 2.45) is 11.8 Å². The molecule has 4 atom stereocenters. The highest BCUT2D eigenvalue weighted by atomic mass is 28.4. The zero-order valence-electron chi connectivity index (χ0n) is 21.6. The van der Waals surface area contributed by atoms with Crippen molar-refractivity contribution in [1.29, 1.82) is 0 Å².